The average Bonchev–Trinajstić information content (AvgIpc) is 3.16. The molecule has 156 valence electrons. The van der Waals surface area contributed by atoms with Crippen molar-refractivity contribution in [3.8, 4) is 0 Å². The van der Waals surface area contributed by atoms with E-state index < -0.39 is 0 Å². The van der Waals surface area contributed by atoms with Crippen LogP contribution in [0, 0.1) is 0 Å². The fraction of sp³-hybridized carbons (Fsp3) is 0.417. The topological polar surface area (TPSA) is 70.2 Å². The van der Waals surface area contributed by atoms with Gasteiger partial charge in [-0.25, -0.2) is 4.98 Å². The Bertz CT molecular complexity index is 1050. The summed E-state index contributed by atoms with van der Waals surface area (Å²) in [5, 5.41) is 3.04. The number of fused-ring (bicyclic) bond motifs is 2. The molecule has 0 saturated carbocycles. The summed E-state index contributed by atoms with van der Waals surface area (Å²) in [6, 6.07) is 12.4. The van der Waals surface area contributed by atoms with Crippen molar-refractivity contribution in [1.82, 2.24) is 14.9 Å². The lowest BCUT2D eigenvalue weighted by Crippen LogP contribution is -2.35. The normalized spacial score (nSPS) is 17.1. The van der Waals surface area contributed by atoms with Crippen molar-refractivity contribution in [2.24, 2.45) is 0 Å². The summed E-state index contributed by atoms with van der Waals surface area (Å²) >= 11 is 0. The summed E-state index contributed by atoms with van der Waals surface area (Å²) in [5.74, 6) is 0.961. The van der Waals surface area contributed by atoms with Crippen LogP contribution in [0.5, 0.6) is 0 Å². The predicted octanol–water partition coefficient (Wildman–Crippen LogP) is 3.46. The first kappa shape index (κ1) is 19.3. The Morgan fingerprint density at radius 2 is 1.90 bits per heavy atom. The molecular weight excluding hydrogens is 376 g/mol. The number of aryl methyl sites for hydroxylation is 2. The number of amides is 1. The molecule has 2 aliphatic rings. The Morgan fingerprint density at radius 3 is 2.77 bits per heavy atom. The number of hydrogen-bond acceptors (Lipinski definition) is 4. The molecule has 6 heteroatoms. The van der Waals surface area contributed by atoms with Gasteiger partial charge in [0.05, 0.1) is 37.2 Å². The van der Waals surface area contributed by atoms with Crippen LogP contribution in [0.2, 0.25) is 0 Å². The van der Waals surface area contributed by atoms with Crippen LogP contribution in [0.25, 0.3) is 11.0 Å². The fourth-order valence-electron chi connectivity index (χ4n) is 4.47. The highest BCUT2D eigenvalue weighted by atomic mass is 16.5. The van der Waals surface area contributed by atoms with Gasteiger partial charge in [0.15, 0.2) is 0 Å². The summed E-state index contributed by atoms with van der Waals surface area (Å²) < 4.78 is 5.41. The number of benzene rings is 2. The summed E-state index contributed by atoms with van der Waals surface area (Å²) in [5.41, 5.74) is 6.62. The van der Waals surface area contributed by atoms with Crippen LogP contribution < -0.4 is 5.32 Å². The minimum atomic E-state index is 0.0122. The van der Waals surface area contributed by atoms with Crippen LogP contribution in [-0.4, -0.2) is 47.1 Å². The summed E-state index contributed by atoms with van der Waals surface area (Å²) in [6.45, 7) is 4.21. The van der Waals surface area contributed by atoms with Gasteiger partial charge in [-0.15, -0.1) is 0 Å². The average molecular weight is 405 g/mol. The van der Waals surface area contributed by atoms with Gasteiger partial charge in [-0.2, -0.15) is 0 Å². The molecule has 1 saturated heterocycles. The summed E-state index contributed by atoms with van der Waals surface area (Å²) in [4.78, 5) is 23.0. The van der Waals surface area contributed by atoms with E-state index in [0.29, 0.717) is 6.42 Å². The molecule has 0 unspecified atom stereocenters. The summed E-state index contributed by atoms with van der Waals surface area (Å²) in [6.07, 6.45) is 5.22. The largest absolute Gasteiger partial charge is 0.379 e. The maximum absolute atomic E-state index is 12.6. The van der Waals surface area contributed by atoms with Crippen LogP contribution in [0.15, 0.2) is 36.4 Å². The number of morpholine rings is 1. The van der Waals surface area contributed by atoms with Crippen molar-refractivity contribution in [3.63, 3.8) is 0 Å². The van der Waals surface area contributed by atoms with E-state index >= 15 is 0 Å². The number of imidazole rings is 1. The van der Waals surface area contributed by atoms with Gasteiger partial charge >= 0.3 is 0 Å². The van der Waals surface area contributed by atoms with E-state index in [2.05, 4.69) is 38.4 Å². The van der Waals surface area contributed by atoms with E-state index in [1.807, 2.05) is 18.2 Å². The smallest absolute Gasteiger partial charge is 0.228 e. The lowest BCUT2D eigenvalue weighted by Gasteiger charge is -2.25. The molecule has 2 N–H and O–H groups in total. The fourth-order valence-corrected chi connectivity index (χ4v) is 4.47. The number of carbonyl (C=O) groups is 1. The number of nitrogens with one attached hydrogen (secondary N) is 2. The minimum absolute atomic E-state index is 0.0122. The second-order valence-electron chi connectivity index (χ2n) is 8.34. The van der Waals surface area contributed by atoms with Crippen molar-refractivity contribution in [3.05, 3.63) is 58.9 Å². The molecule has 6 nitrogen and oxygen atoms in total. The van der Waals surface area contributed by atoms with Gasteiger partial charge < -0.3 is 15.0 Å². The molecule has 1 amide bonds. The molecule has 1 aromatic heterocycles. The van der Waals surface area contributed by atoms with Crippen LogP contribution in [0.3, 0.4) is 0 Å². The Hall–Kier alpha value is -2.70. The highest BCUT2D eigenvalue weighted by molar-refractivity contribution is 5.94. The van der Waals surface area contributed by atoms with Gasteiger partial charge in [-0.1, -0.05) is 18.2 Å². The molecule has 5 rings (SSSR count). The van der Waals surface area contributed by atoms with Crippen LogP contribution in [0.4, 0.5) is 5.69 Å². The van der Waals surface area contributed by atoms with Gasteiger partial charge in [0, 0.05) is 18.8 Å². The van der Waals surface area contributed by atoms with E-state index in [9.17, 15) is 4.79 Å². The quantitative estimate of drug-likeness (QED) is 0.683. The lowest BCUT2D eigenvalue weighted by atomic mass is 9.90. The van der Waals surface area contributed by atoms with E-state index in [1.165, 1.54) is 30.4 Å². The monoisotopic (exact) mass is 404 g/mol. The Morgan fingerprint density at radius 1 is 1.07 bits per heavy atom. The van der Waals surface area contributed by atoms with Gasteiger partial charge in [-0.3, -0.25) is 9.69 Å². The van der Waals surface area contributed by atoms with Crippen LogP contribution >= 0.6 is 0 Å². The molecule has 0 atom stereocenters. The highest BCUT2D eigenvalue weighted by Crippen LogP contribution is 2.23. The molecule has 1 fully saturated rings. The first-order valence-corrected chi connectivity index (χ1v) is 10.9. The van der Waals surface area contributed by atoms with Gasteiger partial charge in [0.2, 0.25) is 5.91 Å². The van der Waals surface area contributed by atoms with E-state index in [-0.39, 0.29) is 5.91 Å². The third-order valence-corrected chi connectivity index (χ3v) is 6.07. The Kier molecular flexibility index (Phi) is 5.51. The molecule has 30 heavy (non-hydrogen) atoms. The minimum Gasteiger partial charge on any atom is -0.379 e. The molecule has 1 aliphatic carbocycles. The van der Waals surface area contributed by atoms with Crippen LogP contribution in [-0.2, 0) is 35.3 Å². The van der Waals surface area contributed by atoms with Crippen molar-refractivity contribution >= 4 is 22.6 Å². The first-order valence-electron chi connectivity index (χ1n) is 10.9. The molecule has 2 heterocycles. The zero-order chi connectivity index (χ0) is 20.3. The second kappa shape index (κ2) is 8.58. The number of anilines is 1. The van der Waals surface area contributed by atoms with E-state index in [0.717, 1.165) is 67.4 Å². The molecule has 3 aromatic rings. The van der Waals surface area contributed by atoms with Gasteiger partial charge in [-0.05, 0) is 60.6 Å². The number of aromatic nitrogens is 2. The number of hydrogen-bond donors (Lipinski definition) is 2. The SMILES string of the molecule is O=C(Cc1ccc2c(c1)CCCC2)Nc1ccc2nc(CN3CCOCC3)[nH]c2c1. The van der Waals surface area contributed by atoms with Crippen molar-refractivity contribution in [1.29, 1.82) is 0 Å². The van der Waals surface area contributed by atoms with E-state index in [1.54, 1.807) is 0 Å². The number of aromatic amines is 1. The van der Waals surface area contributed by atoms with Crippen LogP contribution in [0.1, 0.15) is 35.4 Å². The zero-order valence-corrected chi connectivity index (χ0v) is 17.2. The lowest BCUT2D eigenvalue weighted by molar-refractivity contribution is -0.115. The maximum atomic E-state index is 12.6. The van der Waals surface area contributed by atoms with Crippen molar-refractivity contribution < 1.29 is 9.53 Å². The number of H-pyrrole nitrogens is 1. The number of nitrogens with zero attached hydrogens (tertiary/aromatic N) is 2. The maximum Gasteiger partial charge on any atom is 0.228 e. The van der Waals surface area contributed by atoms with E-state index in [4.69, 9.17) is 4.74 Å². The molecule has 0 spiro atoms. The molecule has 1 aliphatic heterocycles. The number of carbonyl (C=O) groups excluding carboxylic acids is 1. The first-order chi connectivity index (χ1) is 14.7. The molecule has 0 bridgehead atoms. The number of ether oxygens (including phenoxy) is 1. The molecule has 2 aromatic carbocycles. The third kappa shape index (κ3) is 4.40. The second-order valence-corrected chi connectivity index (χ2v) is 8.34. The highest BCUT2D eigenvalue weighted by Gasteiger charge is 2.14. The molecule has 0 radical (unpaired) electrons. The van der Waals surface area contributed by atoms with Crippen molar-refractivity contribution in [2.75, 3.05) is 31.6 Å². The van der Waals surface area contributed by atoms with Gasteiger partial charge in [0.25, 0.3) is 0 Å². The predicted molar refractivity (Wildman–Crippen MR) is 118 cm³/mol. The zero-order valence-electron chi connectivity index (χ0n) is 17.2. The Balaban J connectivity index is 1.24. The number of rotatable bonds is 5. The Labute approximate surface area is 176 Å². The molecular formula is C24H28N4O2. The van der Waals surface area contributed by atoms with Gasteiger partial charge in [0.1, 0.15) is 5.82 Å². The third-order valence-electron chi connectivity index (χ3n) is 6.07. The van der Waals surface area contributed by atoms with Crippen molar-refractivity contribution in [2.45, 2.75) is 38.6 Å². The standard InChI is InChI=1S/C24H28N4O2/c29-24(14-17-5-6-18-3-1-2-4-19(18)13-17)25-20-7-8-21-22(15-20)27-23(26-21)16-28-9-11-30-12-10-28/h5-8,13,15H,1-4,9-12,14,16H2,(H,25,29)(H,26,27). The summed E-state index contributed by atoms with van der Waals surface area (Å²) in [7, 11) is 0.